The molecule has 186 valence electrons. The van der Waals surface area contributed by atoms with Crippen LogP contribution in [-0.2, 0) is 14.2 Å². The number of aromatic nitrogens is 3. The summed E-state index contributed by atoms with van der Waals surface area (Å²) in [6, 6.07) is 5.12. The normalized spacial score (nSPS) is 18.5. The van der Waals surface area contributed by atoms with Gasteiger partial charge in [-0.25, -0.2) is 4.98 Å². The molecule has 0 saturated heterocycles. The van der Waals surface area contributed by atoms with E-state index in [0.717, 1.165) is 55.8 Å². The molecular formula is C24H42N6O3. The lowest BCUT2D eigenvalue weighted by Crippen LogP contribution is -2.31. The van der Waals surface area contributed by atoms with Crippen LogP contribution in [0.3, 0.4) is 0 Å². The van der Waals surface area contributed by atoms with Crippen molar-refractivity contribution in [2.24, 2.45) is 5.73 Å². The van der Waals surface area contributed by atoms with Crippen LogP contribution in [0, 0.1) is 0 Å². The number of rotatable bonds is 17. The molecule has 0 spiro atoms. The molecule has 2 atom stereocenters. The van der Waals surface area contributed by atoms with Gasteiger partial charge in [-0.15, -0.1) is 0 Å². The maximum atomic E-state index is 5.66. The summed E-state index contributed by atoms with van der Waals surface area (Å²) in [5, 5.41) is 11.9. The Labute approximate surface area is 197 Å². The van der Waals surface area contributed by atoms with E-state index in [4.69, 9.17) is 24.9 Å². The van der Waals surface area contributed by atoms with Crippen LogP contribution >= 0.6 is 0 Å². The van der Waals surface area contributed by atoms with E-state index in [1.165, 1.54) is 0 Å². The van der Waals surface area contributed by atoms with Crippen molar-refractivity contribution in [3.63, 3.8) is 0 Å². The third kappa shape index (κ3) is 8.19. The second-order valence-corrected chi connectivity index (χ2v) is 8.61. The largest absolute Gasteiger partial charge is 0.378 e. The van der Waals surface area contributed by atoms with Crippen molar-refractivity contribution in [1.29, 1.82) is 0 Å². The van der Waals surface area contributed by atoms with E-state index < -0.39 is 0 Å². The molecule has 0 unspecified atom stereocenters. The number of fused-ring (bicyclic) bond motifs is 1. The Morgan fingerprint density at radius 2 is 1.73 bits per heavy atom. The number of nitrogens with zero attached hydrogens (tertiary/aromatic N) is 3. The molecule has 1 fully saturated rings. The van der Waals surface area contributed by atoms with Crippen LogP contribution in [0.5, 0.6) is 0 Å². The van der Waals surface area contributed by atoms with E-state index >= 15 is 0 Å². The van der Waals surface area contributed by atoms with Crippen LogP contribution in [0.4, 0.5) is 5.82 Å². The lowest BCUT2D eigenvalue weighted by molar-refractivity contribution is 0.0163. The monoisotopic (exact) mass is 462 g/mol. The van der Waals surface area contributed by atoms with Gasteiger partial charge in [-0.1, -0.05) is 13.8 Å². The van der Waals surface area contributed by atoms with Gasteiger partial charge in [0.1, 0.15) is 5.82 Å². The summed E-state index contributed by atoms with van der Waals surface area (Å²) < 4.78 is 18.3. The highest BCUT2D eigenvalue weighted by molar-refractivity contribution is 5.50. The number of ether oxygens (including phenoxy) is 3. The summed E-state index contributed by atoms with van der Waals surface area (Å²) >= 11 is 0. The fraction of sp³-hybridized carbons (Fsp3) is 0.750. The fourth-order valence-corrected chi connectivity index (χ4v) is 4.42. The first-order valence-corrected chi connectivity index (χ1v) is 12.5. The Hall–Kier alpha value is -1.78. The van der Waals surface area contributed by atoms with E-state index in [1.54, 1.807) is 0 Å². The molecule has 9 heteroatoms. The first kappa shape index (κ1) is 25.8. The van der Waals surface area contributed by atoms with Crippen molar-refractivity contribution >= 4 is 11.5 Å². The number of anilines is 1. The van der Waals surface area contributed by atoms with Gasteiger partial charge in [0.25, 0.3) is 0 Å². The van der Waals surface area contributed by atoms with Gasteiger partial charge in [-0.2, -0.15) is 9.61 Å². The maximum Gasteiger partial charge on any atom is 0.157 e. The van der Waals surface area contributed by atoms with E-state index in [9.17, 15) is 0 Å². The highest BCUT2D eigenvalue weighted by atomic mass is 16.5. The second-order valence-electron chi connectivity index (χ2n) is 8.61. The van der Waals surface area contributed by atoms with E-state index in [-0.39, 0.29) is 0 Å². The Morgan fingerprint density at radius 3 is 2.45 bits per heavy atom. The summed E-state index contributed by atoms with van der Waals surface area (Å²) in [4.78, 5) is 4.84. The van der Waals surface area contributed by atoms with Gasteiger partial charge < -0.3 is 30.6 Å². The first-order chi connectivity index (χ1) is 16.2. The first-order valence-electron chi connectivity index (χ1n) is 12.5. The molecule has 2 heterocycles. The van der Waals surface area contributed by atoms with Gasteiger partial charge in [0, 0.05) is 48.9 Å². The average molecular weight is 463 g/mol. The third-order valence-electron chi connectivity index (χ3n) is 6.25. The molecule has 1 saturated carbocycles. The summed E-state index contributed by atoms with van der Waals surface area (Å²) in [5.41, 5.74) is 7.44. The maximum absolute atomic E-state index is 5.66. The Morgan fingerprint density at radius 1 is 1.03 bits per heavy atom. The molecule has 4 N–H and O–H groups in total. The molecule has 3 rings (SSSR count). The zero-order chi connectivity index (χ0) is 23.3. The van der Waals surface area contributed by atoms with Crippen LogP contribution in [-0.4, -0.2) is 79.4 Å². The molecular weight excluding hydrogens is 420 g/mol. The van der Waals surface area contributed by atoms with E-state index in [1.807, 2.05) is 16.8 Å². The van der Waals surface area contributed by atoms with E-state index in [0.29, 0.717) is 64.2 Å². The smallest absolute Gasteiger partial charge is 0.157 e. The molecule has 33 heavy (non-hydrogen) atoms. The minimum atomic E-state index is 0.433. The molecule has 0 bridgehead atoms. The van der Waals surface area contributed by atoms with E-state index in [2.05, 4.69) is 35.6 Å². The lowest BCUT2D eigenvalue weighted by Gasteiger charge is -2.19. The van der Waals surface area contributed by atoms with Crippen molar-refractivity contribution < 1.29 is 14.2 Å². The van der Waals surface area contributed by atoms with Crippen LogP contribution < -0.4 is 16.4 Å². The van der Waals surface area contributed by atoms with Crippen molar-refractivity contribution in [1.82, 2.24) is 19.9 Å². The predicted molar refractivity (Wildman–Crippen MR) is 131 cm³/mol. The van der Waals surface area contributed by atoms with Crippen molar-refractivity contribution in [2.45, 2.75) is 64.0 Å². The number of hydrogen-bond acceptors (Lipinski definition) is 8. The number of nitrogens with two attached hydrogens (primary N) is 1. The van der Waals surface area contributed by atoms with Crippen LogP contribution in [0.25, 0.3) is 5.65 Å². The van der Waals surface area contributed by atoms with Crippen molar-refractivity contribution in [3.05, 3.63) is 24.0 Å². The summed E-state index contributed by atoms with van der Waals surface area (Å²) in [5.74, 6) is 1.53. The highest BCUT2D eigenvalue weighted by Crippen LogP contribution is 2.27. The molecule has 0 aromatic carbocycles. The van der Waals surface area contributed by atoms with Gasteiger partial charge >= 0.3 is 0 Å². The molecule has 2 aromatic rings. The Kier molecular flexibility index (Phi) is 11.3. The lowest BCUT2D eigenvalue weighted by atomic mass is 9.99. The Balaban J connectivity index is 1.34. The molecule has 2 aromatic heterocycles. The fourth-order valence-electron chi connectivity index (χ4n) is 4.42. The predicted octanol–water partition coefficient (Wildman–Crippen LogP) is 2.56. The van der Waals surface area contributed by atoms with Gasteiger partial charge in [-0.05, 0) is 32.1 Å². The molecule has 0 aliphatic heterocycles. The van der Waals surface area contributed by atoms with Crippen molar-refractivity contribution in [2.75, 3.05) is 58.0 Å². The quantitative estimate of drug-likeness (QED) is 0.308. The van der Waals surface area contributed by atoms with Crippen LogP contribution in [0.2, 0.25) is 0 Å². The molecule has 1 aliphatic carbocycles. The SMILES string of the molecule is CCC(CC)c1cc(N[C@H]2CC[C@H](NCCOCCOCCOCCN)C2)n2nccc2n1. The minimum absolute atomic E-state index is 0.433. The summed E-state index contributed by atoms with van der Waals surface area (Å²) in [6.45, 7) is 9.50. The van der Waals surface area contributed by atoms with Gasteiger partial charge in [0.05, 0.1) is 45.8 Å². The van der Waals surface area contributed by atoms with Crippen LogP contribution in [0.1, 0.15) is 57.6 Å². The average Bonchev–Trinajstić information content (AvgIpc) is 3.48. The standard InChI is InChI=1S/C24H42N6O3/c1-3-19(4-2)22-18-24(30-23(29-22)7-9-27-30)28-21-6-5-20(17-21)26-10-12-32-14-16-33-15-13-31-11-8-25/h7,9,18-21,26,28H,3-6,8,10-17,25H2,1-2H3/t20-,21-/m0/s1. The van der Waals surface area contributed by atoms with Gasteiger partial charge in [0.2, 0.25) is 0 Å². The van der Waals surface area contributed by atoms with Crippen molar-refractivity contribution in [3.8, 4) is 0 Å². The molecule has 0 amide bonds. The summed E-state index contributed by atoms with van der Waals surface area (Å²) in [7, 11) is 0. The van der Waals surface area contributed by atoms with Crippen LogP contribution in [0.15, 0.2) is 18.3 Å². The van der Waals surface area contributed by atoms with Gasteiger partial charge in [0.15, 0.2) is 5.65 Å². The highest BCUT2D eigenvalue weighted by Gasteiger charge is 2.25. The number of nitrogens with one attached hydrogen (secondary N) is 2. The minimum Gasteiger partial charge on any atom is -0.378 e. The zero-order valence-corrected chi connectivity index (χ0v) is 20.3. The third-order valence-corrected chi connectivity index (χ3v) is 6.25. The molecule has 0 radical (unpaired) electrons. The zero-order valence-electron chi connectivity index (χ0n) is 20.3. The second kappa shape index (κ2) is 14.5. The topological polar surface area (TPSA) is 108 Å². The molecule has 1 aliphatic rings. The Bertz CT molecular complexity index is 798. The summed E-state index contributed by atoms with van der Waals surface area (Å²) in [6.07, 6.45) is 7.42. The molecule has 9 nitrogen and oxygen atoms in total. The number of hydrogen-bond donors (Lipinski definition) is 3. The van der Waals surface area contributed by atoms with Gasteiger partial charge in [-0.3, -0.25) is 0 Å².